The lowest BCUT2D eigenvalue weighted by Crippen LogP contribution is -2.46. The standard InChI is InChI=1S/C23H37N3O3S/c1-3-30(27)22-6-4-5-20(15-22)26-23(24-2)25-16-18-7-9-19(10-8-18)17-29-21-11-13-28-14-12-21/h7-10,20-22H,3-6,11-17H2,1-2H3,(H2,24,25,26). The molecule has 0 aromatic heterocycles. The lowest BCUT2D eigenvalue weighted by molar-refractivity contribution is -0.0390. The molecular weight excluding hydrogens is 398 g/mol. The Labute approximate surface area is 183 Å². The first kappa shape index (κ1) is 23.2. The SMILES string of the molecule is CCS(=O)C1CCCC(NC(=NC)NCc2ccc(COC3CCOCC3)cc2)C1. The van der Waals surface area contributed by atoms with Crippen LogP contribution in [0.2, 0.25) is 0 Å². The van der Waals surface area contributed by atoms with E-state index in [4.69, 9.17) is 9.47 Å². The van der Waals surface area contributed by atoms with Crippen molar-refractivity contribution in [1.82, 2.24) is 10.6 Å². The molecule has 168 valence electrons. The van der Waals surface area contributed by atoms with Gasteiger partial charge in [0.1, 0.15) is 0 Å². The van der Waals surface area contributed by atoms with Gasteiger partial charge in [0, 0.05) is 54.7 Å². The average Bonchev–Trinajstić information content (AvgIpc) is 2.81. The molecular formula is C23H37N3O3S. The number of nitrogens with zero attached hydrogens (tertiary/aromatic N) is 1. The molecule has 0 radical (unpaired) electrons. The summed E-state index contributed by atoms with van der Waals surface area (Å²) in [5.41, 5.74) is 2.41. The number of aliphatic imine (C=N–C) groups is 1. The summed E-state index contributed by atoms with van der Waals surface area (Å²) in [6.07, 6.45) is 6.58. The molecule has 6 nitrogen and oxygen atoms in total. The number of hydrogen-bond acceptors (Lipinski definition) is 4. The summed E-state index contributed by atoms with van der Waals surface area (Å²) in [6, 6.07) is 8.90. The summed E-state index contributed by atoms with van der Waals surface area (Å²) in [5, 5.41) is 7.25. The molecule has 1 aromatic carbocycles. The van der Waals surface area contributed by atoms with E-state index in [2.05, 4.69) is 39.9 Å². The van der Waals surface area contributed by atoms with Gasteiger partial charge in [-0.3, -0.25) is 9.20 Å². The number of ether oxygens (including phenoxy) is 2. The fourth-order valence-corrected chi connectivity index (χ4v) is 5.48. The molecule has 2 N–H and O–H groups in total. The Hall–Kier alpha value is -1.44. The first-order valence-corrected chi connectivity index (χ1v) is 12.7. The van der Waals surface area contributed by atoms with Crippen LogP contribution in [0.4, 0.5) is 0 Å². The van der Waals surface area contributed by atoms with Crippen molar-refractivity contribution in [2.75, 3.05) is 26.0 Å². The molecule has 1 saturated heterocycles. The number of hydrogen-bond donors (Lipinski definition) is 2. The molecule has 2 aliphatic rings. The quantitative estimate of drug-likeness (QED) is 0.485. The zero-order valence-corrected chi connectivity index (χ0v) is 19.2. The minimum Gasteiger partial charge on any atom is -0.381 e. The molecule has 1 aliphatic heterocycles. The van der Waals surface area contributed by atoms with Crippen LogP contribution >= 0.6 is 0 Å². The van der Waals surface area contributed by atoms with Gasteiger partial charge in [-0.25, -0.2) is 0 Å². The van der Waals surface area contributed by atoms with Crippen molar-refractivity contribution in [3.05, 3.63) is 35.4 Å². The Bertz CT molecular complexity index is 689. The fourth-order valence-electron chi connectivity index (χ4n) is 4.13. The highest BCUT2D eigenvalue weighted by atomic mass is 32.2. The third-order valence-electron chi connectivity index (χ3n) is 5.98. The Balaban J connectivity index is 1.41. The van der Waals surface area contributed by atoms with E-state index in [0.717, 1.165) is 70.0 Å². The minimum absolute atomic E-state index is 0.315. The van der Waals surface area contributed by atoms with Crippen LogP contribution in [0.15, 0.2) is 29.3 Å². The monoisotopic (exact) mass is 435 g/mol. The number of benzene rings is 1. The van der Waals surface area contributed by atoms with E-state index in [1.165, 1.54) is 11.1 Å². The van der Waals surface area contributed by atoms with Gasteiger partial charge >= 0.3 is 0 Å². The maximum absolute atomic E-state index is 12.2. The summed E-state index contributed by atoms with van der Waals surface area (Å²) in [5.74, 6) is 1.57. The van der Waals surface area contributed by atoms with E-state index in [1.807, 2.05) is 6.92 Å². The van der Waals surface area contributed by atoms with Gasteiger partial charge in [0.2, 0.25) is 0 Å². The van der Waals surface area contributed by atoms with Crippen molar-refractivity contribution in [2.45, 2.75) is 76.0 Å². The molecule has 0 bridgehead atoms. The third kappa shape index (κ3) is 7.36. The smallest absolute Gasteiger partial charge is 0.191 e. The molecule has 1 heterocycles. The summed E-state index contributed by atoms with van der Waals surface area (Å²) in [4.78, 5) is 4.37. The predicted octanol–water partition coefficient (Wildman–Crippen LogP) is 3.13. The molecule has 3 rings (SSSR count). The first-order valence-electron chi connectivity index (χ1n) is 11.3. The molecule has 0 amide bonds. The fraction of sp³-hybridized carbons (Fsp3) is 0.696. The van der Waals surface area contributed by atoms with Gasteiger partial charge in [0.25, 0.3) is 0 Å². The molecule has 3 atom stereocenters. The molecule has 3 unspecified atom stereocenters. The van der Waals surface area contributed by atoms with Gasteiger partial charge in [-0.05, 0) is 43.2 Å². The van der Waals surface area contributed by atoms with Crippen molar-refractivity contribution >= 4 is 16.8 Å². The van der Waals surface area contributed by atoms with Crippen molar-refractivity contribution < 1.29 is 13.7 Å². The van der Waals surface area contributed by atoms with Crippen molar-refractivity contribution in [3.8, 4) is 0 Å². The molecule has 7 heteroatoms. The number of nitrogens with one attached hydrogen (secondary N) is 2. The Kier molecular flexibility index (Phi) is 9.62. The number of guanidine groups is 1. The highest BCUT2D eigenvalue weighted by Gasteiger charge is 2.26. The second-order valence-corrected chi connectivity index (χ2v) is 10.2. The lowest BCUT2D eigenvalue weighted by Gasteiger charge is -2.30. The van der Waals surface area contributed by atoms with Gasteiger partial charge in [0.05, 0.1) is 12.7 Å². The summed E-state index contributed by atoms with van der Waals surface area (Å²) in [6.45, 7) is 5.00. The molecule has 2 fully saturated rings. The van der Waals surface area contributed by atoms with Gasteiger partial charge in [-0.15, -0.1) is 0 Å². The van der Waals surface area contributed by atoms with Crippen LogP contribution in [0.1, 0.15) is 56.6 Å². The largest absolute Gasteiger partial charge is 0.381 e. The van der Waals surface area contributed by atoms with Crippen LogP contribution in [0.3, 0.4) is 0 Å². The highest BCUT2D eigenvalue weighted by Crippen LogP contribution is 2.23. The zero-order valence-electron chi connectivity index (χ0n) is 18.4. The Morgan fingerprint density at radius 2 is 1.90 bits per heavy atom. The van der Waals surface area contributed by atoms with E-state index in [-0.39, 0.29) is 0 Å². The van der Waals surface area contributed by atoms with E-state index in [1.54, 1.807) is 7.05 Å². The maximum Gasteiger partial charge on any atom is 0.191 e. The van der Waals surface area contributed by atoms with Crippen molar-refractivity contribution in [1.29, 1.82) is 0 Å². The first-order chi connectivity index (χ1) is 14.7. The van der Waals surface area contributed by atoms with Crippen LogP contribution in [-0.2, 0) is 33.4 Å². The molecule has 1 aliphatic carbocycles. The van der Waals surface area contributed by atoms with Crippen LogP contribution in [0, 0.1) is 0 Å². The van der Waals surface area contributed by atoms with E-state index >= 15 is 0 Å². The van der Waals surface area contributed by atoms with Gasteiger partial charge in [-0.2, -0.15) is 0 Å². The van der Waals surface area contributed by atoms with Crippen molar-refractivity contribution in [3.63, 3.8) is 0 Å². The lowest BCUT2D eigenvalue weighted by atomic mass is 9.95. The molecule has 0 spiro atoms. The predicted molar refractivity (Wildman–Crippen MR) is 123 cm³/mol. The average molecular weight is 436 g/mol. The summed E-state index contributed by atoms with van der Waals surface area (Å²) in [7, 11) is 1.09. The molecule has 1 aromatic rings. The second-order valence-electron chi connectivity index (χ2n) is 8.16. The Morgan fingerprint density at radius 1 is 1.17 bits per heavy atom. The van der Waals surface area contributed by atoms with Crippen LogP contribution in [-0.4, -0.2) is 53.6 Å². The van der Waals surface area contributed by atoms with Crippen LogP contribution in [0.5, 0.6) is 0 Å². The van der Waals surface area contributed by atoms with Crippen LogP contribution < -0.4 is 10.6 Å². The van der Waals surface area contributed by atoms with Gasteiger partial charge in [0.15, 0.2) is 5.96 Å². The third-order valence-corrected chi connectivity index (χ3v) is 7.72. The number of rotatable bonds is 8. The van der Waals surface area contributed by atoms with E-state index in [9.17, 15) is 4.21 Å². The molecule has 30 heavy (non-hydrogen) atoms. The zero-order chi connectivity index (χ0) is 21.2. The minimum atomic E-state index is -0.707. The summed E-state index contributed by atoms with van der Waals surface area (Å²) < 4.78 is 23.5. The van der Waals surface area contributed by atoms with Gasteiger partial charge < -0.3 is 20.1 Å². The van der Waals surface area contributed by atoms with E-state index < -0.39 is 10.8 Å². The van der Waals surface area contributed by atoms with Gasteiger partial charge in [-0.1, -0.05) is 37.6 Å². The van der Waals surface area contributed by atoms with Crippen molar-refractivity contribution in [2.24, 2.45) is 4.99 Å². The Morgan fingerprint density at radius 3 is 2.60 bits per heavy atom. The molecule has 1 saturated carbocycles. The topological polar surface area (TPSA) is 72.0 Å². The second kappa shape index (κ2) is 12.4. The highest BCUT2D eigenvalue weighted by molar-refractivity contribution is 7.85. The van der Waals surface area contributed by atoms with E-state index in [0.29, 0.717) is 24.0 Å². The summed E-state index contributed by atoms with van der Waals surface area (Å²) >= 11 is 0. The normalized spacial score (nSPS) is 24.4. The maximum atomic E-state index is 12.2. The van der Waals surface area contributed by atoms with Crippen LogP contribution in [0.25, 0.3) is 0 Å².